The topological polar surface area (TPSA) is 13.8 Å². The lowest BCUT2D eigenvalue weighted by atomic mass is 10.0. The predicted octanol–water partition coefficient (Wildman–Crippen LogP) is 11.1. The van der Waals surface area contributed by atoms with Gasteiger partial charge in [-0.3, -0.25) is 0 Å². The smallest absolute Gasteiger partial charge is 0.0628 e. The average Bonchev–Trinajstić information content (AvgIpc) is 3.87. The molecule has 12 rings (SSSR count). The van der Waals surface area contributed by atoms with Crippen molar-refractivity contribution in [3.8, 4) is 5.69 Å². The first-order chi connectivity index (χ1) is 22.4. The molecule has 3 heteroatoms. The maximum Gasteiger partial charge on any atom is 0.0628 e. The third kappa shape index (κ3) is 2.47. The highest BCUT2D eigenvalue weighted by Gasteiger charge is 2.26. The van der Waals surface area contributed by atoms with Crippen LogP contribution < -0.4 is 0 Å². The molecular weight excluding hydrogens is 546 g/mol. The van der Waals surface area contributed by atoms with Crippen LogP contribution in [-0.2, 0) is 0 Å². The number of fused-ring (bicyclic) bond motifs is 16. The molecule has 45 heavy (non-hydrogen) atoms. The standard InChI is InChI=1S/C42H23N3/c1-2-11-24(12-3-1)43-33-18-7-4-13-25(33)30-21-31-27-16-10-17-29-39-38(45(41(27)29)37(31)23-36(30)43)22-32-26-14-5-8-19-34(26)44-35-20-9-6-15-28(35)40(39)42(32)44/h1-23H. The molecule has 0 atom stereocenters. The monoisotopic (exact) mass is 569 g/mol. The van der Waals surface area contributed by atoms with Crippen LogP contribution in [-0.4, -0.2) is 13.4 Å². The average molecular weight is 570 g/mol. The number of aromatic nitrogens is 3. The van der Waals surface area contributed by atoms with Gasteiger partial charge in [0.1, 0.15) is 0 Å². The van der Waals surface area contributed by atoms with Gasteiger partial charge in [0.05, 0.1) is 44.1 Å². The molecule has 5 heterocycles. The van der Waals surface area contributed by atoms with Crippen LogP contribution >= 0.6 is 0 Å². The first kappa shape index (κ1) is 22.5. The zero-order valence-corrected chi connectivity index (χ0v) is 24.1. The van der Waals surface area contributed by atoms with Crippen molar-refractivity contribution in [3.05, 3.63) is 140 Å². The molecule has 0 fully saturated rings. The second-order valence-electron chi connectivity index (χ2n) is 12.5. The maximum absolute atomic E-state index is 2.56. The molecule has 0 aliphatic heterocycles. The molecule has 12 aromatic rings. The molecule has 0 N–H and O–H groups in total. The summed E-state index contributed by atoms with van der Waals surface area (Å²) < 4.78 is 7.48. The SMILES string of the molecule is c1ccc(-n2c3ccccc3c3cc4c5cccc6c7c8c9ccccc9n9c%10ccccc%10c(cc7n(c4cc32)c56)c89)cc1. The van der Waals surface area contributed by atoms with Crippen molar-refractivity contribution in [2.75, 3.05) is 0 Å². The largest absolute Gasteiger partial charge is 0.309 e. The van der Waals surface area contributed by atoms with E-state index in [4.69, 9.17) is 0 Å². The van der Waals surface area contributed by atoms with Crippen molar-refractivity contribution < 1.29 is 0 Å². The lowest BCUT2D eigenvalue weighted by Gasteiger charge is -2.08. The Morgan fingerprint density at radius 1 is 0.289 bits per heavy atom. The fourth-order valence-corrected chi connectivity index (χ4v) is 8.79. The predicted molar refractivity (Wildman–Crippen MR) is 190 cm³/mol. The Bertz CT molecular complexity index is 3190. The quantitative estimate of drug-likeness (QED) is 0.187. The van der Waals surface area contributed by atoms with Gasteiger partial charge in [-0.1, -0.05) is 91.0 Å². The fourth-order valence-electron chi connectivity index (χ4n) is 8.79. The molecule has 0 saturated heterocycles. The van der Waals surface area contributed by atoms with Gasteiger partial charge in [0.2, 0.25) is 0 Å². The zero-order chi connectivity index (χ0) is 29.0. The number of rotatable bonds is 1. The molecule has 5 aromatic heterocycles. The first-order valence-electron chi connectivity index (χ1n) is 15.6. The van der Waals surface area contributed by atoms with Gasteiger partial charge in [-0.2, -0.15) is 0 Å². The molecular formula is C42H23N3. The summed E-state index contributed by atoms with van der Waals surface area (Å²) in [6.45, 7) is 0. The van der Waals surface area contributed by atoms with Gasteiger partial charge in [-0.05, 0) is 48.5 Å². The molecule has 206 valence electrons. The van der Waals surface area contributed by atoms with Gasteiger partial charge < -0.3 is 13.4 Å². The van der Waals surface area contributed by atoms with Gasteiger partial charge in [0.15, 0.2) is 0 Å². The molecule has 3 nitrogen and oxygen atoms in total. The lowest BCUT2D eigenvalue weighted by molar-refractivity contribution is 1.18. The van der Waals surface area contributed by atoms with Crippen LogP contribution in [0.3, 0.4) is 0 Å². The molecule has 0 saturated carbocycles. The van der Waals surface area contributed by atoms with E-state index in [2.05, 4.69) is 153 Å². The molecule has 0 spiro atoms. The summed E-state index contributed by atoms with van der Waals surface area (Å²) >= 11 is 0. The normalized spacial score (nSPS) is 12.9. The van der Waals surface area contributed by atoms with E-state index in [0.29, 0.717) is 0 Å². The van der Waals surface area contributed by atoms with Gasteiger partial charge in [-0.15, -0.1) is 0 Å². The van der Waals surface area contributed by atoms with Crippen molar-refractivity contribution >= 4 is 98.0 Å². The van der Waals surface area contributed by atoms with Gasteiger partial charge in [0, 0.05) is 59.5 Å². The van der Waals surface area contributed by atoms with E-state index in [1.807, 2.05) is 0 Å². The third-order valence-electron chi connectivity index (χ3n) is 10.5. The van der Waals surface area contributed by atoms with E-state index < -0.39 is 0 Å². The number of nitrogens with zero attached hydrogens (tertiary/aromatic N) is 3. The minimum absolute atomic E-state index is 1.18. The Hall–Kier alpha value is -6.06. The Morgan fingerprint density at radius 2 is 0.889 bits per heavy atom. The first-order valence-corrected chi connectivity index (χ1v) is 15.6. The summed E-state index contributed by atoms with van der Waals surface area (Å²) in [6, 6.07) is 51.7. The minimum atomic E-state index is 1.18. The molecule has 7 aromatic carbocycles. The van der Waals surface area contributed by atoms with Crippen molar-refractivity contribution in [3.63, 3.8) is 0 Å². The summed E-state index contributed by atoms with van der Waals surface area (Å²) in [6.07, 6.45) is 0. The maximum atomic E-state index is 2.56. The zero-order valence-electron chi connectivity index (χ0n) is 24.1. The van der Waals surface area contributed by atoms with Crippen molar-refractivity contribution in [1.29, 1.82) is 0 Å². The van der Waals surface area contributed by atoms with E-state index in [0.717, 1.165) is 0 Å². The van der Waals surface area contributed by atoms with Crippen molar-refractivity contribution in [2.24, 2.45) is 0 Å². The Balaban J connectivity index is 1.37. The summed E-state index contributed by atoms with van der Waals surface area (Å²) in [5.41, 5.74) is 11.4. The number of hydrogen-bond acceptors (Lipinski definition) is 0. The lowest BCUT2D eigenvalue weighted by Crippen LogP contribution is -1.93. The molecule has 0 unspecified atom stereocenters. The van der Waals surface area contributed by atoms with Crippen LogP contribution in [0, 0.1) is 0 Å². The van der Waals surface area contributed by atoms with Gasteiger partial charge >= 0.3 is 0 Å². The molecule has 0 amide bonds. The second-order valence-corrected chi connectivity index (χ2v) is 12.5. The summed E-state index contributed by atoms with van der Waals surface area (Å²) in [5, 5.41) is 13.2. The fraction of sp³-hybridized carbons (Fsp3) is 0. The summed E-state index contributed by atoms with van der Waals surface area (Å²) in [4.78, 5) is 0. The van der Waals surface area contributed by atoms with Crippen LogP contribution in [0.1, 0.15) is 0 Å². The van der Waals surface area contributed by atoms with E-state index in [1.165, 1.54) is 104 Å². The Morgan fingerprint density at radius 3 is 1.71 bits per heavy atom. The van der Waals surface area contributed by atoms with Crippen LogP contribution in [0.15, 0.2) is 140 Å². The van der Waals surface area contributed by atoms with E-state index in [1.54, 1.807) is 0 Å². The highest BCUT2D eigenvalue weighted by molar-refractivity contribution is 6.38. The van der Waals surface area contributed by atoms with E-state index in [-0.39, 0.29) is 0 Å². The van der Waals surface area contributed by atoms with E-state index in [9.17, 15) is 0 Å². The molecule has 0 aliphatic carbocycles. The third-order valence-corrected chi connectivity index (χ3v) is 10.5. The summed E-state index contributed by atoms with van der Waals surface area (Å²) in [5.74, 6) is 0. The molecule has 0 aliphatic rings. The Labute approximate surface area is 256 Å². The van der Waals surface area contributed by atoms with Crippen molar-refractivity contribution in [1.82, 2.24) is 13.4 Å². The minimum Gasteiger partial charge on any atom is -0.309 e. The summed E-state index contributed by atoms with van der Waals surface area (Å²) in [7, 11) is 0. The molecule has 0 radical (unpaired) electrons. The number of hydrogen-bond donors (Lipinski definition) is 0. The second kappa shape index (κ2) is 7.53. The number of para-hydroxylation sites is 5. The number of benzene rings is 7. The van der Waals surface area contributed by atoms with Crippen LogP contribution in [0.5, 0.6) is 0 Å². The molecule has 0 bridgehead atoms. The Kier molecular flexibility index (Phi) is 3.76. The van der Waals surface area contributed by atoms with Crippen molar-refractivity contribution in [2.45, 2.75) is 0 Å². The van der Waals surface area contributed by atoms with Crippen LogP contribution in [0.2, 0.25) is 0 Å². The van der Waals surface area contributed by atoms with Crippen LogP contribution in [0.25, 0.3) is 104 Å². The highest BCUT2D eigenvalue weighted by Crippen LogP contribution is 2.49. The highest BCUT2D eigenvalue weighted by atomic mass is 15.0. The van der Waals surface area contributed by atoms with Gasteiger partial charge in [0.25, 0.3) is 0 Å². The van der Waals surface area contributed by atoms with Gasteiger partial charge in [-0.25, -0.2) is 0 Å². The van der Waals surface area contributed by atoms with E-state index >= 15 is 0 Å². The van der Waals surface area contributed by atoms with Crippen LogP contribution in [0.4, 0.5) is 0 Å².